The average Bonchev–Trinajstić information content (AvgIpc) is 1.57. The van der Waals surface area contributed by atoms with Crippen molar-refractivity contribution in [1.29, 1.82) is 0 Å². The number of fused-ring (bicyclic) bond motifs is 9. The fourth-order valence-electron chi connectivity index (χ4n) is 15.8. The van der Waals surface area contributed by atoms with Crippen LogP contribution in [0.1, 0.15) is 166 Å². The first kappa shape index (κ1) is 61.0. The van der Waals surface area contributed by atoms with E-state index < -0.39 is 18.4 Å². The van der Waals surface area contributed by atoms with Crippen molar-refractivity contribution >= 4 is 95.7 Å². The zero-order chi connectivity index (χ0) is 63.0. The highest BCUT2D eigenvalue weighted by atomic mass is 19.4. The Kier molecular flexibility index (Phi) is 17.4. The molecule has 12 nitrogen and oxygen atoms in total. The quantitative estimate of drug-likeness (QED) is 0.0330. The summed E-state index contributed by atoms with van der Waals surface area (Å²) in [4.78, 5) is 43.9. The zero-order valence-corrected chi connectivity index (χ0v) is 52.5. The number of carbonyl (C=O) groups excluding carboxylic acids is 2. The molecule has 1 fully saturated rings. The number of aliphatic hydroxyl groups is 1. The van der Waals surface area contributed by atoms with Gasteiger partial charge >= 0.3 is 24.4 Å². The van der Waals surface area contributed by atoms with Crippen LogP contribution in [0.5, 0.6) is 0 Å². The number of aromatic nitrogens is 3. The number of benzene rings is 6. The van der Waals surface area contributed by atoms with Crippen LogP contribution in [0.3, 0.4) is 0 Å². The Hall–Kier alpha value is -8.56. The van der Waals surface area contributed by atoms with Crippen molar-refractivity contribution in [3.05, 3.63) is 178 Å². The summed E-state index contributed by atoms with van der Waals surface area (Å²) in [6.45, 7) is 6.37. The maximum absolute atomic E-state index is 14.1. The molecule has 0 spiro atoms. The van der Waals surface area contributed by atoms with Crippen LogP contribution < -0.4 is 0 Å². The van der Waals surface area contributed by atoms with Crippen LogP contribution in [0.25, 0.3) is 66.7 Å². The Labute approximate surface area is 534 Å². The van der Waals surface area contributed by atoms with E-state index in [1.807, 2.05) is 54.6 Å². The lowest BCUT2D eigenvalue weighted by Gasteiger charge is -2.30. The molecule has 15 heteroatoms. The standard InChI is InChI=1S/C77H79F3N6O6/c1-3-5-23-48(4-2)40-55-47-86-67-39-20-17-34-58(67)61-41-49(43-64(73(61)86)70(55)82-91-75(88)52-28-12-8-13-29-52)24-9-6-14-30-53-45-85-66-38-19-16-33-57(66)62-42-50(44-63(72(62)85)69(53)83-92-76(89)77(78,79)80)25-21-31-54-46-84-65-37-18-15-32-56(65)59-35-22-36-60(71(59)84)68(54)81-90-74(87)51-26-10-7-11-27-51/h7,10-11,15-16,18-22,25-27,32-33,35-39,41-44,48,52-55,76,89H,3-6,8-9,12-14,17,23-24,28-31,34,40,45-47H2,1-2H3/b25-21+,81-68+,82-70+,83-69+. The Balaban J connectivity index is 0.751. The molecule has 2 aliphatic carbocycles. The zero-order valence-electron chi connectivity index (χ0n) is 52.5. The molecule has 3 aromatic heterocycles. The van der Waals surface area contributed by atoms with E-state index in [0.29, 0.717) is 54.4 Å². The van der Waals surface area contributed by atoms with Crippen LogP contribution in [0.15, 0.2) is 149 Å². The van der Waals surface area contributed by atoms with Gasteiger partial charge in [0.2, 0.25) is 0 Å². The molecule has 9 aromatic rings. The molecule has 6 aromatic carbocycles. The number of oxime groups is 3. The molecule has 92 heavy (non-hydrogen) atoms. The maximum Gasteiger partial charge on any atom is 0.454 e. The number of aryl methyl sites for hydroxylation is 2. The third kappa shape index (κ3) is 11.8. The van der Waals surface area contributed by atoms with Gasteiger partial charge in [-0.1, -0.05) is 178 Å². The molecule has 14 rings (SSSR count). The Morgan fingerprint density at radius 3 is 2.11 bits per heavy atom. The predicted molar refractivity (Wildman–Crippen MR) is 360 cm³/mol. The molecule has 5 atom stereocenters. The van der Waals surface area contributed by atoms with E-state index >= 15 is 0 Å². The van der Waals surface area contributed by atoms with E-state index in [0.717, 1.165) is 169 Å². The van der Waals surface area contributed by atoms with Gasteiger partial charge in [0, 0.05) is 97.7 Å². The first-order valence-corrected chi connectivity index (χ1v) is 33.6. The number of hydrogen-bond acceptors (Lipinski definition) is 9. The lowest BCUT2D eigenvalue weighted by atomic mass is 9.81. The van der Waals surface area contributed by atoms with Gasteiger partial charge in [0.05, 0.1) is 45.2 Å². The monoisotopic (exact) mass is 1240 g/mol. The molecule has 1 N–H and O–H groups in total. The summed E-state index contributed by atoms with van der Waals surface area (Å²) in [7, 11) is 0. The van der Waals surface area contributed by atoms with Gasteiger partial charge < -0.3 is 33.3 Å². The Morgan fingerprint density at radius 2 is 1.34 bits per heavy atom. The third-order valence-corrected chi connectivity index (χ3v) is 20.4. The second-order valence-corrected chi connectivity index (χ2v) is 26.3. The highest BCUT2D eigenvalue weighted by Gasteiger charge is 2.42. The molecule has 1 saturated carbocycles. The van der Waals surface area contributed by atoms with Gasteiger partial charge in [-0.25, -0.2) is 9.59 Å². The van der Waals surface area contributed by atoms with Crippen LogP contribution in [-0.2, 0) is 51.8 Å². The summed E-state index contributed by atoms with van der Waals surface area (Å²) in [6.07, 6.45) is 17.3. The molecule has 474 valence electrons. The van der Waals surface area contributed by atoms with Gasteiger partial charge in [0.15, 0.2) is 0 Å². The van der Waals surface area contributed by atoms with Gasteiger partial charge in [-0.05, 0) is 135 Å². The minimum absolute atomic E-state index is 0.0822. The maximum atomic E-state index is 14.1. The van der Waals surface area contributed by atoms with E-state index in [2.05, 4.69) is 105 Å². The van der Waals surface area contributed by atoms with E-state index in [4.69, 9.17) is 19.7 Å². The normalized spacial score (nSPS) is 20.2. The molecule has 5 unspecified atom stereocenters. The molecule has 0 amide bonds. The third-order valence-electron chi connectivity index (χ3n) is 20.4. The number of hydrogen-bond donors (Lipinski definition) is 1. The van der Waals surface area contributed by atoms with E-state index in [-0.39, 0.29) is 29.6 Å². The number of nitrogens with zero attached hydrogens (tertiary/aromatic N) is 6. The summed E-state index contributed by atoms with van der Waals surface area (Å²) in [5, 5.41) is 29.5. The lowest BCUT2D eigenvalue weighted by molar-refractivity contribution is -0.293. The molecule has 6 heterocycles. The summed E-state index contributed by atoms with van der Waals surface area (Å²) in [6, 6.07) is 40.3. The van der Waals surface area contributed by atoms with Gasteiger partial charge in [0.25, 0.3) is 0 Å². The number of unbranched alkanes of at least 4 members (excludes halogenated alkanes) is 3. The van der Waals surface area contributed by atoms with Crippen molar-refractivity contribution in [3.8, 4) is 0 Å². The van der Waals surface area contributed by atoms with Gasteiger partial charge in [-0.15, -0.1) is 0 Å². The number of para-hydroxylation sites is 3. The van der Waals surface area contributed by atoms with Crippen molar-refractivity contribution in [2.45, 2.75) is 162 Å². The predicted octanol–water partition coefficient (Wildman–Crippen LogP) is 18.2. The largest absolute Gasteiger partial charge is 0.454 e. The van der Waals surface area contributed by atoms with Crippen molar-refractivity contribution in [2.75, 3.05) is 0 Å². The van der Waals surface area contributed by atoms with Crippen LogP contribution in [0.4, 0.5) is 13.2 Å². The van der Waals surface area contributed by atoms with Crippen molar-refractivity contribution < 1.29 is 42.4 Å². The number of carbonyl (C=O) groups is 2. The molecule has 0 radical (unpaired) electrons. The smallest absolute Gasteiger partial charge is 0.353 e. The van der Waals surface area contributed by atoms with Crippen LogP contribution in [-0.4, -0.2) is 60.3 Å². The van der Waals surface area contributed by atoms with E-state index in [1.54, 1.807) is 24.3 Å². The molecule has 0 saturated heterocycles. The number of aliphatic hydroxyl groups excluding tert-OH is 1. The molecular formula is C77H79F3N6O6. The molecule has 0 bridgehead atoms. The summed E-state index contributed by atoms with van der Waals surface area (Å²) < 4.78 is 49.3. The summed E-state index contributed by atoms with van der Waals surface area (Å²) in [5.74, 6) is -0.851. The number of rotatable bonds is 21. The van der Waals surface area contributed by atoms with Crippen LogP contribution in [0, 0.1) is 29.6 Å². The highest BCUT2D eigenvalue weighted by molar-refractivity contribution is 6.21. The van der Waals surface area contributed by atoms with Gasteiger partial charge in [-0.3, -0.25) is 0 Å². The minimum atomic E-state index is -5.05. The van der Waals surface area contributed by atoms with E-state index in [9.17, 15) is 27.9 Å². The fraction of sp³-hybridized carbons (Fsp3) is 0.390. The molecule has 3 aliphatic heterocycles. The van der Waals surface area contributed by atoms with Crippen molar-refractivity contribution in [2.24, 2.45) is 45.1 Å². The second-order valence-electron chi connectivity index (χ2n) is 26.3. The van der Waals surface area contributed by atoms with E-state index in [1.165, 1.54) is 34.1 Å². The summed E-state index contributed by atoms with van der Waals surface area (Å²) >= 11 is 0. The number of halogens is 3. The molecular weight excluding hydrogens is 1160 g/mol. The first-order valence-electron chi connectivity index (χ1n) is 33.6. The van der Waals surface area contributed by atoms with Crippen molar-refractivity contribution in [1.82, 2.24) is 13.7 Å². The van der Waals surface area contributed by atoms with Crippen LogP contribution in [0.2, 0.25) is 0 Å². The van der Waals surface area contributed by atoms with Gasteiger partial charge in [0.1, 0.15) is 0 Å². The van der Waals surface area contributed by atoms with Crippen molar-refractivity contribution in [3.63, 3.8) is 0 Å². The minimum Gasteiger partial charge on any atom is -0.353 e. The summed E-state index contributed by atoms with van der Waals surface area (Å²) in [5.41, 5.74) is 14.7. The average molecular weight is 1240 g/mol. The lowest BCUT2D eigenvalue weighted by Crippen LogP contribution is -2.32. The second kappa shape index (κ2) is 26.2. The van der Waals surface area contributed by atoms with Gasteiger partial charge in [-0.2, -0.15) is 13.2 Å². The Morgan fingerprint density at radius 1 is 0.663 bits per heavy atom. The Bertz CT molecular complexity index is 4440. The highest BCUT2D eigenvalue weighted by Crippen LogP contribution is 2.44. The number of allylic oxidation sites excluding steroid dienone is 2. The first-order chi connectivity index (χ1) is 44.9. The van der Waals surface area contributed by atoms with Crippen LogP contribution >= 0.6 is 0 Å². The fourth-order valence-corrected chi connectivity index (χ4v) is 15.8. The topological polar surface area (TPSA) is 134 Å². The molecule has 5 aliphatic rings. The SMILES string of the molecule is CCCCC(CC)CC1Cn2c3c(c4cc(CCCCCC5Cn6c7ccccc7c7cc(/C=C/CC8Cn9c%10ccccc%10c%10cccc(c%109)/C8=N/OC(=O)c8ccccc8)cc(c76)/C5=N/OC(O)C(F)(F)F)cc(c42)/C1=N/OC(=O)C1CCCCC1)CCC=C3. The number of alkyl halides is 3.